The van der Waals surface area contributed by atoms with Crippen molar-refractivity contribution in [3.8, 4) is 22.8 Å². The minimum Gasteiger partial charge on any atom is -0.493 e. The van der Waals surface area contributed by atoms with Crippen molar-refractivity contribution in [1.29, 1.82) is 0 Å². The zero-order chi connectivity index (χ0) is 28.4. The Hall–Kier alpha value is -4.40. The normalized spacial score (nSPS) is 12.7. The van der Waals surface area contributed by atoms with Crippen LogP contribution in [-0.4, -0.2) is 38.6 Å². The maximum Gasteiger partial charge on any atom is 0.330 e. The molecule has 4 aromatic rings. The first kappa shape index (κ1) is 27.2. The van der Waals surface area contributed by atoms with E-state index in [-0.39, 0.29) is 17.9 Å². The summed E-state index contributed by atoms with van der Waals surface area (Å²) in [6.45, 7) is 9.49. The van der Waals surface area contributed by atoms with E-state index in [1.165, 1.54) is 0 Å². The van der Waals surface area contributed by atoms with Crippen LogP contribution in [0.1, 0.15) is 52.6 Å². The Balaban J connectivity index is 1.64. The number of fused-ring (bicyclic) bond motifs is 3. The van der Waals surface area contributed by atoms with Crippen molar-refractivity contribution in [2.24, 2.45) is 4.99 Å². The zero-order valence-corrected chi connectivity index (χ0v) is 23.7. The Morgan fingerprint density at radius 3 is 2.55 bits per heavy atom. The zero-order valence-electron chi connectivity index (χ0n) is 23.7. The number of hydrogen-bond acceptors (Lipinski definition) is 6. The monoisotopic (exact) mass is 541 g/mol. The van der Waals surface area contributed by atoms with E-state index in [1.807, 2.05) is 39.0 Å². The molecule has 0 spiro atoms. The van der Waals surface area contributed by atoms with E-state index in [2.05, 4.69) is 29.0 Å². The molecule has 0 bridgehead atoms. The van der Waals surface area contributed by atoms with Gasteiger partial charge in [-0.25, -0.2) is 14.8 Å². The number of aryl methyl sites for hydroxylation is 4. The van der Waals surface area contributed by atoms with E-state index >= 15 is 0 Å². The summed E-state index contributed by atoms with van der Waals surface area (Å²) >= 11 is 0. The number of rotatable bonds is 9. The highest BCUT2D eigenvalue weighted by atomic mass is 16.5. The minimum absolute atomic E-state index is 0.0847. The molecule has 1 aliphatic heterocycles. The fraction of sp³-hybridized carbons (Fsp3) is 0.355. The number of H-pyrrole nitrogens is 1. The second-order valence-electron chi connectivity index (χ2n) is 10.1. The lowest BCUT2D eigenvalue weighted by molar-refractivity contribution is 0.0969. The number of aromatic amines is 1. The fourth-order valence-electron chi connectivity index (χ4n) is 5.47. The van der Waals surface area contributed by atoms with E-state index in [0.29, 0.717) is 55.3 Å². The SMILES string of the molecule is CCOc1cc2c(cc1OC)-c1cc(=Nc3c(C)cc(C)cc3C)n(CCCC(=O)c3ncc[nH]3)c(=O)n1CC2. The standard InChI is InChI=1S/C31H35N5O4/c1-6-40-27-16-22-9-13-35-24(23(22)17-26(27)39-5)18-28(34-29-20(3)14-19(2)15-21(29)4)36(31(35)38)12-7-8-25(37)30-32-10-11-33-30/h10-11,14-18H,6-9,12-13H2,1-5H3,(H,32,33). The number of hydrogen-bond donors (Lipinski definition) is 1. The maximum absolute atomic E-state index is 14.0. The molecule has 0 saturated carbocycles. The van der Waals surface area contributed by atoms with Gasteiger partial charge >= 0.3 is 5.69 Å². The van der Waals surface area contributed by atoms with Crippen LogP contribution in [-0.2, 0) is 19.5 Å². The molecule has 208 valence electrons. The third kappa shape index (κ3) is 5.23. The van der Waals surface area contributed by atoms with Gasteiger partial charge in [0, 0.05) is 43.5 Å². The molecule has 1 aliphatic rings. The van der Waals surface area contributed by atoms with Gasteiger partial charge in [-0.05, 0) is 69.4 Å². The van der Waals surface area contributed by atoms with Gasteiger partial charge < -0.3 is 14.5 Å². The first-order valence-corrected chi connectivity index (χ1v) is 13.6. The van der Waals surface area contributed by atoms with Gasteiger partial charge in [0.1, 0.15) is 5.49 Å². The number of ether oxygens (including phenoxy) is 2. The molecule has 2 aromatic carbocycles. The predicted octanol–water partition coefficient (Wildman–Crippen LogP) is 4.82. The van der Waals surface area contributed by atoms with Gasteiger partial charge in [0.2, 0.25) is 0 Å². The highest BCUT2D eigenvalue weighted by Gasteiger charge is 2.23. The fourth-order valence-corrected chi connectivity index (χ4v) is 5.47. The molecular weight excluding hydrogens is 506 g/mol. The van der Waals surface area contributed by atoms with Crippen LogP contribution in [0.5, 0.6) is 11.5 Å². The minimum atomic E-state index is -0.150. The van der Waals surface area contributed by atoms with E-state index in [0.717, 1.165) is 39.2 Å². The van der Waals surface area contributed by atoms with Crippen molar-refractivity contribution in [2.45, 2.75) is 60.0 Å². The van der Waals surface area contributed by atoms with E-state index in [1.54, 1.807) is 28.6 Å². The average molecular weight is 542 g/mol. The second-order valence-corrected chi connectivity index (χ2v) is 10.1. The quantitative estimate of drug-likeness (QED) is 0.306. The first-order chi connectivity index (χ1) is 19.3. The van der Waals surface area contributed by atoms with Crippen molar-refractivity contribution in [3.63, 3.8) is 0 Å². The predicted molar refractivity (Wildman–Crippen MR) is 154 cm³/mol. The Kier molecular flexibility index (Phi) is 7.73. The maximum atomic E-state index is 14.0. The van der Waals surface area contributed by atoms with Crippen LogP contribution < -0.4 is 20.7 Å². The molecule has 0 aliphatic carbocycles. The van der Waals surface area contributed by atoms with Gasteiger partial charge in [-0.15, -0.1) is 0 Å². The van der Waals surface area contributed by atoms with Gasteiger partial charge in [0.25, 0.3) is 0 Å². The molecule has 0 unspecified atom stereocenters. The molecule has 0 amide bonds. The smallest absolute Gasteiger partial charge is 0.330 e. The largest absolute Gasteiger partial charge is 0.493 e. The first-order valence-electron chi connectivity index (χ1n) is 13.6. The Bertz CT molecular complexity index is 1670. The molecule has 1 N–H and O–H groups in total. The summed E-state index contributed by atoms with van der Waals surface area (Å²) in [7, 11) is 1.62. The Morgan fingerprint density at radius 2 is 1.88 bits per heavy atom. The molecule has 9 nitrogen and oxygen atoms in total. The average Bonchev–Trinajstić information content (AvgIpc) is 3.47. The molecule has 0 radical (unpaired) electrons. The number of imidazole rings is 1. The van der Waals surface area contributed by atoms with Gasteiger partial charge in [-0.3, -0.25) is 13.9 Å². The van der Waals surface area contributed by atoms with E-state index < -0.39 is 0 Å². The number of nitrogens with zero attached hydrogens (tertiary/aromatic N) is 4. The lowest BCUT2D eigenvalue weighted by Gasteiger charge is -2.25. The Morgan fingerprint density at radius 1 is 1.10 bits per heavy atom. The number of carbonyl (C=O) groups excluding carboxylic acids is 1. The summed E-state index contributed by atoms with van der Waals surface area (Å²) in [5, 5.41) is 0. The van der Waals surface area contributed by atoms with Crippen LogP contribution in [0, 0.1) is 20.8 Å². The molecular formula is C31H35N5O4. The number of carbonyl (C=O) groups is 1. The highest BCUT2D eigenvalue weighted by molar-refractivity contribution is 5.92. The van der Waals surface area contributed by atoms with Crippen molar-refractivity contribution in [3.05, 3.63) is 86.8 Å². The highest BCUT2D eigenvalue weighted by Crippen LogP contribution is 2.37. The molecule has 0 saturated heterocycles. The third-order valence-corrected chi connectivity index (χ3v) is 7.27. The number of benzene rings is 2. The third-order valence-electron chi connectivity index (χ3n) is 7.27. The molecule has 5 rings (SSSR count). The van der Waals surface area contributed by atoms with E-state index in [4.69, 9.17) is 14.5 Å². The lowest BCUT2D eigenvalue weighted by atomic mass is 9.97. The number of aromatic nitrogens is 4. The van der Waals surface area contributed by atoms with Crippen molar-refractivity contribution in [1.82, 2.24) is 19.1 Å². The van der Waals surface area contributed by atoms with Gasteiger partial charge in [0.05, 0.1) is 25.1 Å². The van der Waals surface area contributed by atoms with Crippen molar-refractivity contribution in [2.75, 3.05) is 13.7 Å². The van der Waals surface area contributed by atoms with Gasteiger partial charge in [0.15, 0.2) is 23.1 Å². The van der Waals surface area contributed by atoms with Crippen LogP contribution in [0.15, 0.2) is 52.5 Å². The summed E-state index contributed by atoms with van der Waals surface area (Å²) in [5.74, 6) is 1.57. The summed E-state index contributed by atoms with van der Waals surface area (Å²) in [6.07, 6.45) is 4.63. The summed E-state index contributed by atoms with van der Waals surface area (Å²) in [6, 6.07) is 10.1. The van der Waals surface area contributed by atoms with Crippen molar-refractivity contribution < 1.29 is 14.3 Å². The van der Waals surface area contributed by atoms with E-state index in [9.17, 15) is 9.59 Å². The molecule has 0 atom stereocenters. The van der Waals surface area contributed by atoms with Gasteiger partial charge in [-0.2, -0.15) is 0 Å². The summed E-state index contributed by atoms with van der Waals surface area (Å²) in [4.78, 5) is 38.5. The van der Waals surface area contributed by atoms with Gasteiger partial charge in [-0.1, -0.05) is 17.7 Å². The number of methoxy groups -OCH3 is 1. The van der Waals surface area contributed by atoms with Crippen LogP contribution in [0.2, 0.25) is 0 Å². The molecule has 9 heteroatoms. The van der Waals surface area contributed by atoms with Crippen LogP contribution in [0.4, 0.5) is 5.69 Å². The Labute approximate surface area is 233 Å². The summed E-state index contributed by atoms with van der Waals surface area (Å²) in [5.41, 5.74) is 7.30. The van der Waals surface area contributed by atoms with Crippen LogP contribution in [0.3, 0.4) is 0 Å². The topological polar surface area (TPSA) is 104 Å². The molecule has 40 heavy (non-hydrogen) atoms. The second kappa shape index (κ2) is 11.4. The molecule has 0 fully saturated rings. The van der Waals surface area contributed by atoms with Crippen LogP contribution >= 0.6 is 0 Å². The molecule has 2 aromatic heterocycles. The number of Topliss-reactive ketones (excluding diaryl/α,β-unsaturated/α-hetero) is 1. The lowest BCUT2D eigenvalue weighted by Crippen LogP contribution is -2.42. The van der Waals surface area contributed by atoms with Crippen molar-refractivity contribution >= 4 is 11.5 Å². The number of ketones is 1. The van der Waals surface area contributed by atoms with Crippen LogP contribution in [0.25, 0.3) is 11.3 Å². The summed E-state index contributed by atoms with van der Waals surface area (Å²) < 4.78 is 14.9. The number of nitrogens with one attached hydrogen (secondary N) is 1. The molecule has 3 heterocycles.